The van der Waals surface area contributed by atoms with Crippen LogP contribution in [0.4, 0.5) is 10.5 Å². The third kappa shape index (κ3) is 3.11. The van der Waals surface area contributed by atoms with E-state index in [1.54, 1.807) is 11.3 Å². The first kappa shape index (κ1) is 12.6. The van der Waals surface area contributed by atoms with Crippen LogP contribution in [-0.4, -0.2) is 6.03 Å². The molecular formula is C14H16N2OS. The summed E-state index contributed by atoms with van der Waals surface area (Å²) < 4.78 is 0. The van der Waals surface area contributed by atoms with Gasteiger partial charge in [0.05, 0.1) is 6.04 Å². The standard InChI is InChI=1S/C14H16N2OS/c1-10-6-3-4-7-12(10)16-14(17)15-11(2)13-8-5-9-18-13/h3-9,11H,1-2H3,(H2,15,16,17)/t11-/m0/s1. The van der Waals surface area contributed by atoms with E-state index in [-0.39, 0.29) is 12.1 Å². The summed E-state index contributed by atoms with van der Waals surface area (Å²) in [6, 6.07) is 11.6. The molecule has 1 atom stereocenters. The van der Waals surface area contributed by atoms with Crippen molar-refractivity contribution in [3.63, 3.8) is 0 Å². The van der Waals surface area contributed by atoms with Gasteiger partial charge in [-0.25, -0.2) is 4.79 Å². The quantitative estimate of drug-likeness (QED) is 0.862. The molecule has 2 aromatic rings. The summed E-state index contributed by atoms with van der Waals surface area (Å²) in [5.74, 6) is 0. The van der Waals surface area contributed by atoms with Crippen molar-refractivity contribution in [2.75, 3.05) is 5.32 Å². The van der Waals surface area contributed by atoms with Crippen LogP contribution in [0.15, 0.2) is 41.8 Å². The van der Waals surface area contributed by atoms with Gasteiger partial charge in [-0.3, -0.25) is 0 Å². The molecule has 0 aliphatic carbocycles. The maximum absolute atomic E-state index is 11.9. The smallest absolute Gasteiger partial charge is 0.319 e. The van der Waals surface area contributed by atoms with Gasteiger partial charge in [-0.1, -0.05) is 24.3 Å². The Morgan fingerprint density at radius 2 is 2.00 bits per heavy atom. The highest BCUT2D eigenvalue weighted by molar-refractivity contribution is 7.10. The zero-order valence-electron chi connectivity index (χ0n) is 10.4. The Kier molecular flexibility index (Phi) is 3.99. The molecule has 0 aliphatic rings. The third-order valence-electron chi connectivity index (χ3n) is 2.71. The molecule has 1 heterocycles. The van der Waals surface area contributed by atoms with Crippen LogP contribution in [0.5, 0.6) is 0 Å². The van der Waals surface area contributed by atoms with Gasteiger partial charge in [0.25, 0.3) is 0 Å². The summed E-state index contributed by atoms with van der Waals surface area (Å²) in [5, 5.41) is 7.78. The number of nitrogens with one attached hydrogen (secondary N) is 2. The van der Waals surface area contributed by atoms with E-state index in [0.29, 0.717) is 0 Å². The Labute approximate surface area is 111 Å². The fourth-order valence-electron chi connectivity index (χ4n) is 1.68. The minimum atomic E-state index is -0.176. The fourth-order valence-corrected chi connectivity index (χ4v) is 2.41. The summed E-state index contributed by atoms with van der Waals surface area (Å²) >= 11 is 1.64. The second-order valence-electron chi connectivity index (χ2n) is 4.15. The molecule has 0 saturated carbocycles. The van der Waals surface area contributed by atoms with Gasteiger partial charge in [-0.2, -0.15) is 0 Å². The van der Waals surface area contributed by atoms with Gasteiger partial charge in [0.1, 0.15) is 0 Å². The maximum Gasteiger partial charge on any atom is 0.319 e. The summed E-state index contributed by atoms with van der Waals surface area (Å²) in [6.45, 7) is 3.95. The average Bonchev–Trinajstić information content (AvgIpc) is 2.85. The number of aryl methyl sites for hydroxylation is 1. The number of thiophene rings is 1. The van der Waals surface area contributed by atoms with Crippen LogP contribution in [-0.2, 0) is 0 Å². The van der Waals surface area contributed by atoms with Crippen molar-refractivity contribution in [3.05, 3.63) is 52.2 Å². The van der Waals surface area contributed by atoms with E-state index < -0.39 is 0 Å². The lowest BCUT2D eigenvalue weighted by Gasteiger charge is -2.14. The van der Waals surface area contributed by atoms with E-state index in [2.05, 4.69) is 10.6 Å². The van der Waals surface area contributed by atoms with Gasteiger partial charge >= 0.3 is 6.03 Å². The number of benzene rings is 1. The number of amides is 2. The largest absolute Gasteiger partial charge is 0.331 e. The van der Waals surface area contributed by atoms with Gasteiger partial charge in [0.2, 0.25) is 0 Å². The number of para-hydroxylation sites is 1. The normalized spacial score (nSPS) is 11.9. The predicted molar refractivity (Wildman–Crippen MR) is 76.1 cm³/mol. The fraction of sp³-hybridized carbons (Fsp3) is 0.214. The van der Waals surface area contributed by atoms with Crippen molar-refractivity contribution in [3.8, 4) is 0 Å². The second kappa shape index (κ2) is 5.69. The Bertz CT molecular complexity index is 522. The second-order valence-corrected chi connectivity index (χ2v) is 5.13. The Hall–Kier alpha value is -1.81. The predicted octanol–water partition coefficient (Wildman–Crippen LogP) is 3.94. The molecule has 0 fully saturated rings. The first-order valence-electron chi connectivity index (χ1n) is 5.83. The topological polar surface area (TPSA) is 41.1 Å². The summed E-state index contributed by atoms with van der Waals surface area (Å²) in [4.78, 5) is 13.0. The number of urea groups is 1. The lowest BCUT2D eigenvalue weighted by Crippen LogP contribution is -2.30. The molecule has 2 rings (SSSR count). The van der Waals surface area contributed by atoms with E-state index in [4.69, 9.17) is 0 Å². The number of carbonyl (C=O) groups excluding carboxylic acids is 1. The van der Waals surface area contributed by atoms with Gasteiger partial charge in [0.15, 0.2) is 0 Å². The van der Waals surface area contributed by atoms with Crippen molar-refractivity contribution >= 4 is 23.1 Å². The lowest BCUT2D eigenvalue weighted by molar-refractivity contribution is 0.249. The van der Waals surface area contributed by atoms with Crippen LogP contribution >= 0.6 is 11.3 Å². The lowest BCUT2D eigenvalue weighted by atomic mass is 10.2. The van der Waals surface area contributed by atoms with Gasteiger partial charge < -0.3 is 10.6 Å². The maximum atomic E-state index is 11.9. The van der Waals surface area contributed by atoms with Gasteiger partial charge in [-0.15, -0.1) is 11.3 Å². The number of rotatable bonds is 3. The van der Waals surface area contributed by atoms with Crippen molar-refractivity contribution in [1.29, 1.82) is 0 Å². The van der Waals surface area contributed by atoms with Crippen molar-refractivity contribution in [1.82, 2.24) is 5.32 Å². The highest BCUT2D eigenvalue weighted by Gasteiger charge is 2.10. The molecule has 0 saturated heterocycles. The van der Waals surface area contributed by atoms with Gasteiger partial charge in [0, 0.05) is 10.6 Å². The third-order valence-corrected chi connectivity index (χ3v) is 3.77. The molecule has 1 aromatic carbocycles. The highest BCUT2D eigenvalue weighted by atomic mass is 32.1. The van der Waals surface area contributed by atoms with Crippen LogP contribution in [0.25, 0.3) is 0 Å². The van der Waals surface area contributed by atoms with Crippen LogP contribution in [0.2, 0.25) is 0 Å². The average molecular weight is 260 g/mol. The van der Waals surface area contributed by atoms with E-state index in [9.17, 15) is 4.79 Å². The minimum Gasteiger partial charge on any atom is -0.331 e. The molecule has 2 N–H and O–H groups in total. The summed E-state index contributed by atoms with van der Waals surface area (Å²) in [5.41, 5.74) is 1.89. The van der Waals surface area contributed by atoms with Crippen LogP contribution in [0.1, 0.15) is 23.4 Å². The summed E-state index contributed by atoms with van der Waals surface area (Å²) in [6.07, 6.45) is 0. The molecule has 1 aromatic heterocycles. The molecule has 0 spiro atoms. The van der Waals surface area contributed by atoms with E-state index in [1.165, 1.54) is 0 Å². The molecule has 18 heavy (non-hydrogen) atoms. The van der Waals surface area contributed by atoms with Gasteiger partial charge in [-0.05, 0) is 36.9 Å². The van der Waals surface area contributed by atoms with Crippen molar-refractivity contribution in [2.24, 2.45) is 0 Å². The minimum absolute atomic E-state index is 0.0222. The number of anilines is 1. The van der Waals surface area contributed by atoms with Crippen LogP contribution < -0.4 is 10.6 Å². The molecule has 2 amide bonds. The van der Waals surface area contributed by atoms with Crippen molar-refractivity contribution < 1.29 is 4.79 Å². The molecule has 0 radical (unpaired) electrons. The highest BCUT2D eigenvalue weighted by Crippen LogP contribution is 2.18. The molecule has 94 valence electrons. The van der Waals surface area contributed by atoms with Crippen molar-refractivity contribution in [2.45, 2.75) is 19.9 Å². The monoisotopic (exact) mass is 260 g/mol. The number of hydrogen-bond acceptors (Lipinski definition) is 2. The van der Waals surface area contributed by atoms with E-state index in [1.807, 2.05) is 55.6 Å². The first-order valence-corrected chi connectivity index (χ1v) is 6.71. The Morgan fingerprint density at radius 3 is 2.67 bits per heavy atom. The zero-order valence-corrected chi connectivity index (χ0v) is 11.3. The van der Waals surface area contributed by atoms with Crippen LogP contribution in [0.3, 0.4) is 0 Å². The molecule has 3 nitrogen and oxygen atoms in total. The Morgan fingerprint density at radius 1 is 1.22 bits per heavy atom. The first-order chi connectivity index (χ1) is 8.66. The molecule has 0 aliphatic heterocycles. The number of hydrogen-bond donors (Lipinski definition) is 2. The Balaban J connectivity index is 1.95. The molecule has 4 heteroatoms. The van der Waals surface area contributed by atoms with E-state index in [0.717, 1.165) is 16.1 Å². The molecule has 0 unspecified atom stereocenters. The van der Waals surface area contributed by atoms with Crippen LogP contribution in [0, 0.1) is 6.92 Å². The van der Waals surface area contributed by atoms with E-state index >= 15 is 0 Å². The molecule has 0 bridgehead atoms. The number of carbonyl (C=O) groups is 1. The molecular weight excluding hydrogens is 244 g/mol. The SMILES string of the molecule is Cc1ccccc1NC(=O)N[C@@H](C)c1cccs1. The zero-order chi connectivity index (χ0) is 13.0. The summed E-state index contributed by atoms with van der Waals surface area (Å²) in [7, 11) is 0.